The van der Waals surface area contributed by atoms with Crippen molar-refractivity contribution in [3.8, 4) is 0 Å². The van der Waals surface area contributed by atoms with Crippen LogP contribution in [0.4, 0.5) is 19.7 Å². The second-order valence-corrected chi connectivity index (χ2v) is 9.18. The van der Waals surface area contributed by atoms with Crippen molar-refractivity contribution in [1.82, 2.24) is 9.88 Å². The predicted molar refractivity (Wildman–Crippen MR) is 105 cm³/mol. The fraction of sp³-hybridized carbons (Fsp3) is 0.650. The van der Waals surface area contributed by atoms with Gasteiger partial charge in [0.2, 0.25) is 0 Å². The Morgan fingerprint density at radius 1 is 1.14 bits per heavy atom. The molecule has 1 aromatic heterocycles. The van der Waals surface area contributed by atoms with E-state index in [2.05, 4.69) is 10.3 Å². The van der Waals surface area contributed by atoms with E-state index in [4.69, 9.17) is 9.47 Å². The molecule has 1 aliphatic rings. The van der Waals surface area contributed by atoms with Crippen molar-refractivity contribution >= 4 is 17.9 Å². The van der Waals surface area contributed by atoms with E-state index in [9.17, 15) is 19.1 Å². The zero-order valence-corrected chi connectivity index (χ0v) is 17.8. The molecule has 162 valence electrons. The maximum atomic E-state index is 14.1. The Bertz CT molecular complexity index is 762. The summed E-state index contributed by atoms with van der Waals surface area (Å²) in [5.74, 6) is -0.741. The van der Waals surface area contributed by atoms with Crippen molar-refractivity contribution in [2.75, 3.05) is 18.4 Å². The standard InChI is InChI=1S/C20H30FN3O5/c1-18(2,3)28-16(25)23-14-11-15(22-12-13(14)21)20(27)7-9-24(10-8-20)17(26)29-19(4,5)6/h11-12,27H,7-10H2,1-6H3,(H,22,23,25). The van der Waals surface area contributed by atoms with Crippen LogP contribution in [0.25, 0.3) is 0 Å². The van der Waals surface area contributed by atoms with Crippen LogP contribution in [-0.4, -0.2) is 51.5 Å². The molecule has 0 radical (unpaired) electrons. The van der Waals surface area contributed by atoms with Crippen LogP contribution in [0.1, 0.15) is 60.1 Å². The quantitative estimate of drug-likeness (QED) is 0.768. The van der Waals surface area contributed by atoms with E-state index in [1.54, 1.807) is 41.5 Å². The molecule has 8 nitrogen and oxygen atoms in total. The molecule has 1 fully saturated rings. The number of ether oxygens (including phenoxy) is 2. The molecule has 2 amide bonds. The lowest BCUT2D eigenvalue weighted by atomic mass is 9.87. The fourth-order valence-electron chi connectivity index (χ4n) is 2.84. The fourth-order valence-corrected chi connectivity index (χ4v) is 2.84. The molecule has 0 aliphatic carbocycles. The molecule has 0 atom stereocenters. The average Bonchev–Trinajstić information content (AvgIpc) is 2.54. The van der Waals surface area contributed by atoms with E-state index in [-0.39, 0.29) is 37.3 Å². The van der Waals surface area contributed by atoms with Gasteiger partial charge in [0.1, 0.15) is 16.8 Å². The van der Waals surface area contributed by atoms with Crippen LogP contribution in [0.3, 0.4) is 0 Å². The molecule has 0 aromatic carbocycles. The summed E-state index contributed by atoms with van der Waals surface area (Å²) in [4.78, 5) is 29.6. The SMILES string of the molecule is CC(C)(C)OC(=O)Nc1cc(C2(O)CCN(C(=O)OC(C)(C)C)CC2)ncc1F. The number of amides is 2. The third-order valence-electron chi connectivity index (χ3n) is 4.21. The van der Waals surface area contributed by atoms with Gasteiger partial charge in [-0.25, -0.2) is 14.0 Å². The Morgan fingerprint density at radius 2 is 1.69 bits per heavy atom. The molecule has 0 bridgehead atoms. The molecule has 2 heterocycles. The molecule has 0 spiro atoms. The summed E-state index contributed by atoms with van der Waals surface area (Å²) in [7, 11) is 0. The van der Waals surface area contributed by atoms with Crippen LogP contribution >= 0.6 is 0 Å². The number of nitrogens with zero attached hydrogens (tertiary/aromatic N) is 2. The highest BCUT2D eigenvalue weighted by Crippen LogP contribution is 2.33. The maximum absolute atomic E-state index is 14.1. The van der Waals surface area contributed by atoms with E-state index < -0.39 is 34.8 Å². The summed E-state index contributed by atoms with van der Waals surface area (Å²) in [6.07, 6.45) is 0.104. The molecular formula is C20H30FN3O5. The van der Waals surface area contributed by atoms with Crippen molar-refractivity contribution in [3.05, 3.63) is 23.8 Å². The van der Waals surface area contributed by atoms with Gasteiger partial charge in [0, 0.05) is 13.1 Å². The van der Waals surface area contributed by atoms with E-state index in [0.717, 1.165) is 6.20 Å². The second-order valence-electron chi connectivity index (χ2n) is 9.18. The molecule has 9 heteroatoms. The van der Waals surface area contributed by atoms with Gasteiger partial charge in [-0.3, -0.25) is 10.3 Å². The lowest BCUT2D eigenvalue weighted by Crippen LogP contribution is -2.47. The van der Waals surface area contributed by atoms with E-state index in [1.165, 1.54) is 11.0 Å². The molecule has 2 rings (SSSR count). The number of piperidine rings is 1. The molecule has 1 aliphatic heterocycles. The minimum atomic E-state index is -1.35. The Hall–Kier alpha value is -2.42. The number of halogens is 1. The van der Waals surface area contributed by atoms with Crippen LogP contribution < -0.4 is 5.32 Å². The monoisotopic (exact) mass is 411 g/mol. The minimum absolute atomic E-state index is 0.132. The van der Waals surface area contributed by atoms with Crippen molar-refractivity contribution in [1.29, 1.82) is 0 Å². The number of hydrogen-bond donors (Lipinski definition) is 2. The van der Waals surface area contributed by atoms with Gasteiger partial charge in [0.05, 0.1) is 17.6 Å². The number of pyridine rings is 1. The first-order chi connectivity index (χ1) is 13.2. The highest BCUT2D eigenvalue weighted by Gasteiger charge is 2.38. The third-order valence-corrected chi connectivity index (χ3v) is 4.21. The third kappa shape index (κ3) is 6.56. The summed E-state index contributed by atoms with van der Waals surface area (Å²) < 4.78 is 24.6. The van der Waals surface area contributed by atoms with E-state index in [1.807, 2.05) is 0 Å². The van der Waals surface area contributed by atoms with Gasteiger partial charge in [-0.15, -0.1) is 0 Å². The van der Waals surface area contributed by atoms with Crippen molar-refractivity contribution in [2.45, 2.75) is 71.2 Å². The smallest absolute Gasteiger partial charge is 0.412 e. The van der Waals surface area contributed by atoms with Gasteiger partial charge >= 0.3 is 12.2 Å². The number of hydrogen-bond acceptors (Lipinski definition) is 6. The van der Waals surface area contributed by atoms with E-state index in [0.29, 0.717) is 0 Å². The number of anilines is 1. The average molecular weight is 411 g/mol. The highest BCUT2D eigenvalue weighted by molar-refractivity contribution is 5.85. The topological polar surface area (TPSA) is 101 Å². The summed E-state index contributed by atoms with van der Waals surface area (Å²) in [5, 5.41) is 13.3. The van der Waals surface area contributed by atoms with Gasteiger partial charge in [-0.1, -0.05) is 0 Å². The predicted octanol–water partition coefficient (Wildman–Crippen LogP) is 3.79. The summed E-state index contributed by atoms with van der Waals surface area (Å²) in [6, 6.07) is 1.29. The van der Waals surface area contributed by atoms with Crippen molar-refractivity contribution in [3.63, 3.8) is 0 Å². The van der Waals surface area contributed by atoms with Crippen molar-refractivity contribution < 1.29 is 28.6 Å². The normalized spacial score (nSPS) is 16.9. The minimum Gasteiger partial charge on any atom is -0.444 e. The number of aliphatic hydroxyl groups is 1. The van der Waals surface area contributed by atoms with Gasteiger partial charge in [0.15, 0.2) is 5.82 Å². The van der Waals surface area contributed by atoms with Crippen LogP contribution in [0.5, 0.6) is 0 Å². The molecule has 29 heavy (non-hydrogen) atoms. The zero-order chi connectivity index (χ0) is 22.0. The second kappa shape index (κ2) is 8.14. The largest absolute Gasteiger partial charge is 0.444 e. The van der Waals surface area contributed by atoms with Gasteiger partial charge in [-0.05, 0) is 60.5 Å². The van der Waals surface area contributed by atoms with Gasteiger partial charge < -0.3 is 19.5 Å². The number of carbonyl (C=O) groups excluding carboxylic acids is 2. The lowest BCUT2D eigenvalue weighted by molar-refractivity contribution is -0.0381. The molecule has 0 saturated carbocycles. The number of aromatic nitrogens is 1. The summed E-state index contributed by atoms with van der Waals surface area (Å²) in [5.41, 5.74) is -2.60. The van der Waals surface area contributed by atoms with Gasteiger partial charge in [0.25, 0.3) is 0 Å². The molecule has 1 saturated heterocycles. The molecule has 2 N–H and O–H groups in total. The number of likely N-dealkylation sites (tertiary alicyclic amines) is 1. The first-order valence-electron chi connectivity index (χ1n) is 9.55. The Kier molecular flexibility index (Phi) is 6.42. The molecular weight excluding hydrogens is 381 g/mol. The Labute approximate surface area is 170 Å². The van der Waals surface area contributed by atoms with E-state index >= 15 is 0 Å². The van der Waals surface area contributed by atoms with Crippen LogP contribution in [-0.2, 0) is 15.1 Å². The maximum Gasteiger partial charge on any atom is 0.412 e. The van der Waals surface area contributed by atoms with Crippen LogP contribution in [0.15, 0.2) is 12.3 Å². The summed E-state index contributed by atoms with van der Waals surface area (Å²) >= 11 is 0. The summed E-state index contributed by atoms with van der Waals surface area (Å²) in [6.45, 7) is 11.0. The van der Waals surface area contributed by atoms with Crippen LogP contribution in [0, 0.1) is 5.82 Å². The molecule has 1 aromatic rings. The number of carbonyl (C=O) groups is 2. The van der Waals surface area contributed by atoms with Gasteiger partial charge in [-0.2, -0.15) is 0 Å². The Morgan fingerprint density at radius 3 is 2.21 bits per heavy atom. The van der Waals surface area contributed by atoms with Crippen LogP contribution in [0.2, 0.25) is 0 Å². The van der Waals surface area contributed by atoms with Crippen molar-refractivity contribution in [2.24, 2.45) is 0 Å². The zero-order valence-electron chi connectivity index (χ0n) is 17.8. The number of rotatable bonds is 2. The molecule has 0 unspecified atom stereocenters. The first-order valence-corrected chi connectivity index (χ1v) is 9.55. The first kappa shape index (κ1) is 22.9. The lowest BCUT2D eigenvalue weighted by Gasteiger charge is -2.38. The number of nitrogens with one attached hydrogen (secondary N) is 1. The highest BCUT2D eigenvalue weighted by atomic mass is 19.1. The Balaban J connectivity index is 2.09.